The largest absolute Gasteiger partial charge is 0.480 e. The van der Waals surface area contributed by atoms with Gasteiger partial charge in [0, 0.05) is 38.7 Å². The van der Waals surface area contributed by atoms with Gasteiger partial charge in [-0.15, -0.1) is 0 Å². The number of hydrogen-bond acceptors (Lipinski definition) is 5. The Balaban J connectivity index is 1.86. The maximum absolute atomic E-state index is 13.0. The zero-order valence-corrected chi connectivity index (χ0v) is 15.9. The average molecular weight is 368 g/mol. The molecule has 3 rings (SSSR count). The van der Waals surface area contributed by atoms with Crippen molar-refractivity contribution in [2.24, 2.45) is 0 Å². The molecule has 1 fully saturated rings. The van der Waals surface area contributed by atoms with E-state index in [1.165, 1.54) is 6.33 Å². The smallest absolute Gasteiger partial charge is 0.253 e. The molecule has 1 saturated heterocycles. The Morgan fingerprint density at radius 1 is 1.07 bits per heavy atom. The maximum atomic E-state index is 13.0. The highest BCUT2D eigenvalue weighted by Crippen LogP contribution is 2.30. The lowest BCUT2D eigenvalue weighted by Gasteiger charge is -2.21. The van der Waals surface area contributed by atoms with Crippen LogP contribution in [0.1, 0.15) is 29.4 Å². The molecule has 0 radical (unpaired) electrons. The normalized spacial score (nSPS) is 14.6. The molecule has 0 N–H and O–H groups in total. The molecule has 27 heavy (non-hydrogen) atoms. The fourth-order valence-corrected chi connectivity index (χ4v) is 3.36. The molecular weight excluding hydrogens is 344 g/mol. The van der Waals surface area contributed by atoms with E-state index in [2.05, 4.69) is 9.97 Å². The summed E-state index contributed by atoms with van der Waals surface area (Å²) >= 11 is 0. The second kappa shape index (κ2) is 8.16. The molecule has 0 bridgehead atoms. The van der Waals surface area contributed by atoms with Crippen LogP contribution < -0.4 is 4.74 Å². The van der Waals surface area contributed by atoms with Gasteiger partial charge in [0.15, 0.2) is 0 Å². The van der Waals surface area contributed by atoms with Crippen LogP contribution in [0.4, 0.5) is 0 Å². The number of aryl methyl sites for hydroxylation is 1. The molecule has 1 aromatic carbocycles. The lowest BCUT2D eigenvalue weighted by molar-refractivity contribution is -0.128. The summed E-state index contributed by atoms with van der Waals surface area (Å²) in [6.45, 7) is 5.90. The Kier molecular flexibility index (Phi) is 5.69. The Labute approximate surface area is 159 Å². The van der Waals surface area contributed by atoms with E-state index >= 15 is 0 Å². The first-order valence-corrected chi connectivity index (χ1v) is 9.02. The number of ether oxygens (including phenoxy) is 1. The van der Waals surface area contributed by atoms with Crippen molar-refractivity contribution < 1.29 is 14.3 Å². The van der Waals surface area contributed by atoms with E-state index in [0.717, 1.165) is 23.2 Å². The molecular formula is C20H24N4O3. The quantitative estimate of drug-likeness (QED) is 0.830. The molecule has 2 amide bonds. The lowest BCUT2D eigenvalue weighted by atomic mass is 10.0. The van der Waals surface area contributed by atoms with Gasteiger partial charge in [0.05, 0.1) is 18.4 Å². The van der Waals surface area contributed by atoms with Crippen molar-refractivity contribution in [2.45, 2.75) is 20.3 Å². The van der Waals surface area contributed by atoms with E-state index < -0.39 is 0 Å². The number of rotatable bonds is 3. The van der Waals surface area contributed by atoms with Crippen LogP contribution >= 0.6 is 0 Å². The molecule has 142 valence electrons. The van der Waals surface area contributed by atoms with Gasteiger partial charge in [-0.3, -0.25) is 9.59 Å². The second-order valence-corrected chi connectivity index (χ2v) is 6.58. The minimum absolute atomic E-state index is 0.0317. The molecule has 1 aliphatic heterocycles. The molecule has 0 unspecified atom stereocenters. The Bertz CT molecular complexity index is 853. The first-order valence-electron chi connectivity index (χ1n) is 9.02. The van der Waals surface area contributed by atoms with Crippen molar-refractivity contribution in [3.05, 3.63) is 41.9 Å². The Morgan fingerprint density at radius 2 is 1.81 bits per heavy atom. The predicted octanol–water partition coefficient (Wildman–Crippen LogP) is 2.16. The Hall–Kier alpha value is -2.96. The van der Waals surface area contributed by atoms with Crippen LogP contribution in [0.3, 0.4) is 0 Å². The first kappa shape index (κ1) is 18.8. The van der Waals surface area contributed by atoms with E-state index in [1.54, 1.807) is 18.9 Å². The molecule has 0 saturated carbocycles. The van der Waals surface area contributed by atoms with Gasteiger partial charge in [0.1, 0.15) is 6.33 Å². The average Bonchev–Trinajstić information content (AvgIpc) is 2.93. The van der Waals surface area contributed by atoms with Gasteiger partial charge < -0.3 is 14.5 Å². The molecule has 0 aliphatic carbocycles. The van der Waals surface area contributed by atoms with Gasteiger partial charge in [-0.25, -0.2) is 9.97 Å². The monoisotopic (exact) mass is 368 g/mol. The van der Waals surface area contributed by atoms with Crippen LogP contribution in [0, 0.1) is 6.92 Å². The highest BCUT2D eigenvalue weighted by Gasteiger charge is 2.22. The third-order valence-corrected chi connectivity index (χ3v) is 4.82. The molecule has 7 heteroatoms. The number of benzene rings is 1. The summed E-state index contributed by atoms with van der Waals surface area (Å²) in [5.74, 6) is 0.507. The van der Waals surface area contributed by atoms with Gasteiger partial charge in [0.25, 0.3) is 5.91 Å². The fourth-order valence-electron chi connectivity index (χ4n) is 3.36. The fraction of sp³-hybridized carbons (Fsp3) is 0.400. The third-order valence-electron chi connectivity index (χ3n) is 4.82. The van der Waals surface area contributed by atoms with Crippen LogP contribution in [-0.2, 0) is 4.79 Å². The van der Waals surface area contributed by atoms with Gasteiger partial charge >= 0.3 is 0 Å². The van der Waals surface area contributed by atoms with Crippen LogP contribution in [0.25, 0.3) is 11.1 Å². The van der Waals surface area contributed by atoms with E-state index in [4.69, 9.17) is 4.74 Å². The van der Waals surface area contributed by atoms with E-state index in [1.807, 2.05) is 36.1 Å². The minimum atomic E-state index is -0.0317. The van der Waals surface area contributed by atoms with Crippen molar-refractivity contribution in [1.82, 2.24) is 19.8 Å². The van der Waals surface area contributed by atoms with Crippen LogP contribution in [-0.4, -0.2) is 64.9 Å². The summed E-state index contributed by atoms with van der Waals surface area (Å²) in [6, 6.07) is 7.44. The molecule has 0 spiro atoms. The summed E-state index contributed by atoms with van der Waals surface area (Å²) in [5, 5.41) is 0. The van der Waals surface area contributed by atoms with Crippen molar-refractivity contribution in [3.8, 4) is 17.0 Å². The lowest BCUT2D eigenvalue weighted by Crippen LogP contribution is -2.36. The summed E-state index contributed by atoms with van der Waals surface area (Å²) in [6.07, 6.45) is 2.25. The number of aromatic nitrogens is 2. The van der Waals surface area contributed by atoms with E-state index in [9.17, 15) is 9.59 Å². The van der Waals surface area contributed by atoms with Crippen molar-refractivity contribution in [3.63, 3.8) is 0 Å². The topological polar surface area (TPSA) is 75.6 Å². The summed E-state index contributed by atoms with van der Waals surface area (Å²) < 4.78 is 5.36. The molecule has 2 heterocycles. The number of carbonyl (C=O) groups is 2. The van der Waals surface area contributed by atoms with Gasteiger partial charge in [-0.1, -0.05) is 12.1 Å². The molecule has 1 aliphatic rings. The molecule has 0 atom stereocenters. The third kappa shape index (κ3) is 4.07. The molecule has 2 aromatic rings. The van der Waals surface area contributed by atoms with Gasteiger partial charge in [-0.2, -0.15) is 0 Å². The summed E-state index contributed by atoms with van der Waals surface area (Å²) in [5.41, 5.74) is 3.02. The predicted molar refractivity (Wildman–Crippen MR) is 102 cm³/mol. The minimum Gasteiger partial charge on any atom is -0.480 e. The summed E-state index contributed by atoms with van der Waals surface area (Å²) in [7, 11) is 1.57. The number of nitrogens with zero attached hydrogens (tertiary/aromatic N) is 4. The molecule has 7 nitrogen and oxygen atoms in total. The van der Waals surface area contributed by atoms with Crippen LogP contribution in [0.2, 0.25) is 0 Å². The van der Waals surface area contributed by atoms with Crippen LogP contribution in [0.15, 0.2) is 30.6 Å². The van der Waals surface area contributed by atoms with Crippen molar-refractivity contribution >= 4 is 11.8 Å². The first-order chi connectivity index (χ1) is 13.0. The molecule has 1 aromatic heterocycles. The Morgan fingerprint density at radius 3 is 2.56 bits per heavy atom. The SMILES string of the molecule is COc1ncnc(C)c1-c1cccc(C(=O)N2CCCN(C(C)=O)CC2)c1. The number of methoxy groups -OCH3 is 1. The van der Waals surface area contributed by atoms with Gasteiger partial charge in [0.2, 0.25) is 11.8 Å². The van der Waals surface area contributed by atoms with Gasteiger partial charge in [-0.05, 0) is 31.0 Å². The van der Waals surface area contributed by atoms with Crippen molar-refractivity contribution in [1.29, 1.82) is 0 Å². The second-order valence-electron chi connectivity index (χ2n) is 6.58. The van der Waals surface area contributed by atoms with E-state index in [0.29, 0.717) is 37.6 Å². The summed E-state index contributed by atoms with van der Waals surface area (Å²) in [4.78, 5) is 36.6. The standard InChI is InChI=1S/C20H24N4O3/c1-14-18(19(27-3)22-13-21-14)16-6-4-7-17(12-16)20(26)24-9-5-8-23(10-11-24)15(2)25/h4,6-7,12-13H,5,8-11H2,1-3H3. The van der Waals surface area contributed by atoms with Crippen LogP contribution in [0.5, 0.6) is 5.88 Å². The highest BCUT2D eigenvalue weighted by molar-refractivity contribution is 5.95. The number of hydrogen-bond donors (Lipinski definition) is 0. The number of carbonyl (C=O) groups excluding carboxylic acids is 2. The maximum Gasteiger partial charge on any atom is 0.253 e. The zero-order chi connectivity index (χ0) is 19.4. The van der Waals surface area contributed by atoms with Crippen molar-refractivity contribution in [2.75, 3.05) is 33.3 Å². The van der Waals surface area contributed by atoms with E-state index in [-0.39, 0.29) is 11.8 Å². The zero-order valence-electron chi connectivity index (χ0n) is 15.9. The highest BCUT2D eigenvalue weighted by atomic mass is 16.5. The number of amides is 2.